The van der Waals surface area contributed by atoms with Crippen LogP contribution in [0.15, 0.2) is 42.1 Å². The lowest BCUT2D eigenvalue weighted by Crippen LogP contribution is -2.03. The SMILES string of the molecule is C=CCn1c(SCCOCCCC)nnc1-c1cccc(C)c1. The largest absolute Gasteiger partial charge is 0.381 e. The van der Waals surface area contributed by atoms with Gasteiger partial charge < -0.3 is 4.74 Å². The normalized spacial score (nSPS) is 10.9. The summed E-state index contributed by atoms with van der Waals surface area (Å²) >= 11 is 1.68. The van der Waals surface area contributed by atoms with E-state index in [1.807, 2.05) is 12.1 Å². The Morgan fingerprint density at radius 1 is 1.30 bits per heavy atom. The van der Waals surface area contributed by atoms with Crippen molar-refractivity contribution in [2.75, 3.05) is 19.0 Å². The first-order valence-electron chi connectivity index (χ1n) is 8.08. The molecule has 1 aromatic heterocycles. The fourth-order valence-electron chi connectivity index (χ4n) is 2.23. The Balaban J connectivity index is 2.04. The van der Waals surface area contributed by atoms with Crippen molar-refractivity contribution in [3.63, 3.8) is 0 Å². The molecule has 0 saturated carbocycles. The first-order chi connectivity index (χ1) is 11.3. The van der Waals surface area contributed by atoms with Crippen LogP contribution in [0.4, 0.5) is 0 Å². The maximum absolute atomic E-state index is 5.60. The van der Waals surface area contributed by atoms with Gasteiger partial charge in [-0.05, 0) is 19.4 Å². The Morgan fingerprint density at radius 3 is 2.91 bits per heavy atom. The minimum Gasteiger partial charge on any atom is -0.381 e. The predicted molar refractivity (Wildman–Crippen MR) is 96.8 cm³/mol. The molecule has 23 heavy (non-hydrogen) atoms. The number of rotatable bonds is 10. The molecule has 0 aliphatic carbocycles. The quantitative estimate of drug-likeness (QED) is 0.369. The van der Waals surface area contributed by atoms with Crippen LogP contribution in [-0.2, 0) is 11.3 Å². The molecule has 0 spiro atoms. The Morgan fingerprint density at radius 2 is 2.17 bits per heavy atom. The van der Waals surface area contributed by atoms with Gasteiger partial charge in [-0.3, -0.25) is 4.57 Å². The molecular formula is C18H25N3OS. The van der Waals surface area contributed by atoms with Crippen LogP contribution in [0.2, 0.25) is 0 Å². The number of benzene rings is 1. The third-order valence-corrected chi connectivity index (χ3v) is 4.34. The third-order valence-electron chi connectivity index (χ3n) is 3.41. The molecule has 1 heterocycles. The first kappa shape index (κ1) is 17.8. The number of ether oxygens (including phenoxy) is 1. The lowest BCUT2D eigenvalue weighted by molar-refractivity contribution is 0.147. The average molecular weight is 331 g/mol. The molecule has 1 aromatic carbocycles. The maximum Gasteiger partial charge on any atom is 0.191 e. The van der Waals surface area contributed by atoms with Crippen LogP contribution >= 0.6 is 11.8 Å². The fraction of sp³-hybridized carbons (Fsp3) is 0.444. The average Bonchev–Trinajstić information content (AvgIpc) is 2.94. The van der Waals surface area contributed by atoms with Crippen molar-refractivity contribution in [2.45, 2.75) is 38.4 Å². The van der Waals surface area contributed by atoms with Crippen LogP contribution < -0.4 is 0 Å². The highest BCUT2D eigenvalue weighted by molar-refractivity contribution is 7.99. The number of unbranched alkanes of at least 4 members (excludes halogenated alkanes) is 1. The summed E-state index contributed by atoms with van der Waals surface area (Å²) in [6, 6.07) is 8.33. The van der Waals surface area contributed by atoms with E-state index in [-0.39, 0.29) is 0 Å². The van der Waals surface area contributed by atoms with E-state index in [0.29, 0.717) is 6.54 Å². The standard InChI is InChI=1S/C18H25N3OS/c1-4-6-11-22-12-13-23-18-20-19-17(21(18)10-5-2)16-9-7-8-15(3)14-16/h5,7-9,14H,2,4,6,10-13H2,1,3H3. The molecule has 124 valence electrons. The van der Waals surface area contributed by atoms with Gasteiger partial charge in [-0.1, -0.05) is 54.9 Å². The molecule has 5 heteroatoms. The second-order valence-electron chi connectivity index (χ2n) is 5.39. The van der Waals surface area contributed by atoms with Gasteiger partial charge in [-0.2, -0.15) is 0 Å². The number of nitrogens with zero attached hydrogens (tertiary/aromatic N) is 3. The van der Waals surface area contributed by atoms with Gasteiger partial charge in [-0.15, -0.1) is 16.8 Å². The van der Waals surface area contributed by atoms with Gasteiger partial charge in [0, 0.05) is 24.5 Å². The summed E-state index contributed by atoms with van der Waals surface area (Å²) in [6.07, 6.45) is 4.17. The summed E-state index contributed by atoms with van der Waals surface area (Å²) in [7, 11) is 0. The van der Waals surface area contributed by atoms with Crippen molar-refractivity contribution >= 4 is 11.8 Å². The number of aromatic nitrogens is 3. The molecule has 4 nitrogen and oxygen atoms in total. The second-order valence-corrected chi connectivity index (χ2v) is 6.45. The number of aryl methyl sites for hydroxylation is 1. The Hall–Kier alpha value is -1.59. The second kappa shape index (κ2) is 9.53. The first-order valence-corrected chi connectivity index (χ1v) is 9.06. The van der Waals surface area contributed by atoms with Crippen LogP contribution in [0.5, 0.6) is 0 Å². The highest BCUT2D eigenvalue weighted by Crippen LogP contribution is 2.24. The minimum absolute atomic E-state index is 0.704. The van der Waals surface area contributed by atoms with E-state index in [1.54, 1.807) is 11.8 Å². The lowest BCUT2D eigenvalue weighted by Gasteiger charge is -2.08. The molecular weight excluding hydrogens is 306 g/mol. The van der Waals surface area contributed by atoms with E-state index in [9.17, 15) is 0 Å². The molecule has 0 N–H and O–H groups in total. The van der Waals surface area contributed by atoms with Gasteiger partial charge in [0.25, 0.3) is 0 Å². The fourth-order valence-corrected chi connectivity index (χ4v) is 3.03. The summed E-state index contributed by atoms with van der Waals surface area (Å²) in [4.78, 5) is 0. The van der Waals surface area contributed by atoms with Crippen LogP contribution in [0.25, 0.3) is 11.4 Å². The van der Waals surface area contributed by atoms with Crippen LogP contribution in [0, 0.1) is 6.92 Å². The van der Waals surface area contributed by atoms with Gasteiger partial charge in [0.1, 0.15) is 0 Å². The van der Waals surface area contributed by atoms with Crippen LogP contribution in [0.1, 0.15) is 25.3 Å². The summed E-state index contributed by atoms with van der Waals surface area (Å²) < 4.78 is 7.71. The van der Waals surface area contributed by atoms with Crippen molar-refractivity contribution in [1.82, 2.24) is 14.8 Å². The summed E-state index contributed by atoms with van der Waals surface area (Å²) in [5, 5.41) is 9.64. The molecule has 0 aliphatic heterocycles. The van der Waals surface area contributed by atoms with Crippen LogP contribution in [-0.4, -0.2) is 33.7 Å². The van der Waals surface area contributed by atoms with E-state index in [0.717, 1.165) is 41.9 Å². The van der Waals surface area contributed by atoms with E-state index in [2.05, 4.69) is 53.4 Å². The highest BCUT2D eigenvalue weighted by atomic mass is 32.2. The molecule has 0 atom stereocenters. The van der Waals surface area contributed by atoms with Gasteiger partial charge in [0.15, 0.2) is 11.0 Å². The predicted octanol–water partition coefficient (Wildman–Crippen LogP) is 4.35. The zero-order valence-electron chi connectivity index (χ0n) is 14.0. The lowest BCUT2D eigenvalue weighted by atomic mass is 10.1. The molecule has 0 amide bonds. The van der Waals surface area contributed by atoms with Crippen molar-refractivity contribution in [1.29, 1.82) is 0 Å². The van der Waals surface area contributed by atoms with E-state index in [1.165, 1.54) is 12.0 Å². The topological polar surface area (TPSA) is 39.9 Å². The summed E-state index contributed by atoms with van der Waals surface area (Å²) in [5.74, 6) is 1.77. The molecule has 2 aromatic rings. The molecule has 0 bridgehead atoms. The van der Waals surface area contributed by atoms with Gasteiger partial charge in [0.05, 0.1) is 6.61 Å². The number of hydrogen-bond donors (Lipinski definition) is 0. The van der Waals surface area contributed by atoms with E-state index < -0.39 is 0 Å². The van der Waals surface area contributed by atoms with Crippen LogP contribution in [0.3, 0.4) is 0 Å². The van der Waals surface area contributed by atoms with E-state index >= 15 is 0 Å². The zero-order chi connectivity index (χ0) is 16.5. The molecule has 0 aliphatic rings. The van der Waals surface area contributed by atoms with Gasteiger partial charge >= 0.3 is 0 Å². The van der Waals surface area contributed by atoms with Gasteiger partial charge in [-0.25, -0.2) is 0 Å². The smallest absolute Gasteiger partial charge is 0.191 e. The van der Waals surface area contributed by atoms with E-state index in [4.69, 9.17) is 4.74 Å². The molecule has 2 rings (SSSR count). The Kier molecular flexibility index (Phi) is 7.36. The third kappa shape index (κ3) is 5.22. The zero-order valence-corrected chi connectivity index (χ0v) is 14.8. The molecule has 0 fully saturated rings. The number of thioether (sulfide) groups is 1. The number of hydrogen-bond acceptors (Lipinski definition) is 4. The van der Waals surface area contributed by atoms with Crippen molar-refractivity contribution in [3.05, 3.63) is 42.5 Å². The number of allylic oxidation sites excluding steroid dienone is 1. The monoisotopic (exact) mass is 331 g/mol. The molecule has 0 radical (unpaired) electrons. The van der Waals surface area contributed by atoms with Crippen molar-refractivity contribution in [2.24, 2.45) is 0 Å². The summed E-state index contributed by atoms with van der Waals surface area (Å²) in [6.45, 7) is 10.4. The maximum atomic E-state index is 5.60. The Labute approximate surface area is 143 Å². The van der Waals surface area contributed by atoms with Gasteiger partial charge in [0.2, 0.25) is 0 Å². The highest BCUT2D eigenvalue weighted by Gasteiger charge is 2.13. The summed E-state index contributed by atoms with van der Waals surface area (Å²) in [5.41, 5.74) is 2.31. The van der Waals surface area contributed by atoms with Crippen molar-refractivity contribution < 1.29 is 4.74 Å². The minimum atomic E-state index is 0.704. The van der Waals surface area contributed by atoms with Crippen molar-refractivity contribution in [3.8, 4) is 11.4 Å². The molecule has 0 saturated heterocycles. The Bertz CT molecular complexity index is 624. The molecule has 0 unspecified atom stereocenters.